The van der Waals surface area contributed by atoms with Crippen molar-refractivity contribution in [3.8, 4) is 0 Å². The van der Waals surface area contributed by atoms with Gasteiger partial charge in [-0.15, -0.1) is 23.2 Å². The van der Waals surface area contributed by atoms with Crippen LogP contribution < -0.4 is 21.3 Å². The molecule has 10 amide bonds. The summed E-state index contributed by atoms with van der Waals surface area (Å²) in [4.78, 5) is 176. The van der Waals surface area contributed by atoms with Crippen molar-refractivity contribution in [3.05, 3.63) is 0 Å². The highest BCUT2D eigenvalue weighted by molar-refractivity contribution is 6.53. The van der Waals surface area contributed by atoms with Crippen LogP contribution in [0.15, 0.2) is 0 Å². The van der Waals surface area contributed by atoms with Gasteiger partial charge in [0.2, 0.25) is 59.1 Å². The minimum absolute atomic E-state index is 0.0351. The molecule has 4 aliphatic rings. The van der Waals surface area contributed by atoms with Gasteiger partial charge in [-0.2, -0.15) is 0 Å². The standard InChI is InChI=1S/C45H64Cl2N8O13/c1-19(2)33(50-40(63)27-13-11-15-52(27)44(67)23(7)48-38(61)25(9)54-29(56)17-21(5)42(54)65)36(59)31(46)35(58)32(47)37(60)34(20(3)4)51-41(64)28-14-12-16-53(28)45(68)24(8)49-39(62)26(10)55-30(57)18-22(6)43(55)66/h19-28,31-34H,11-18H2,1-10H3,(H,48,61)(H,49,62)(H,50,63)(H,51,64)/t21?,22?,23-,24-,25-,26-,27-,28-,31?,32?,33-,34-/m0/s1. The Kier molecular flexibility index (Phi) is 18.6. The first-order valence-corrected chi connectivity index (χ1v) is 23.9. The molecule has 4 unspecified atom stereocenters. The van der Waals surface area contributed by atoms with Gasteiger partial charge in [0.05, 0.1) is 12.1 Å². The third kappa shape index (κ3) is 11.9. The first kappa shape index (κ1) is 55.3. The number of hydrogen-bond acceptors (Lipinski definition) is 13. The highest BCUT2D eigenvalue weighted by atomic mass is 35.5. The summed E-state index contributed by atoms with van der Waals surface area (Å²) >= 11 is 12.9. The first-order chi connectivity index (χ1) is 31.6. The molecule has 68 heavy (non-hydrogen) atoms. The summed E-state index contributed by atoms with van der Waals surface area (Å²) in [5.41, 5.74) is 0. The van der Waals surface area contributed by atoms with Gasteiger partial charge in [0.25, 0.3) is 0 Å². The Labute approximate surface area is 405 Å². The van der Waals surface area contributed by atoms with Crippen LogP contribution >= 0.6 is 23.2 Å². The van der Waals surface area contributed by atoms with Crippen molar-refractivity contribution in [2.24, 2.45) is 23.7 Å². The Morgan fingerprint density at radius 2 is 0.838 bits per heavy atom. The summed E-state index contributed by atoms with van der Waals surface area (Å²) in [5, 5.41) is 6.13. The zero-order valence-corrected chi connectivity index (χ0v) is 41.6. The lowest BCUT2D eigenvalue weighted by atomic mass is 9.91. The van der Waals surface area contributed by atoms with Gasteiger partial charge in [0, 0.05) is 37.8 Å². The molecule has 0 bridgehead atoms. The second-order valence-electron chi connectivity index (χ2n) is 19.0. The smallest absolute Gasteiger partial charge is 0.245 e. The monoisotopic (exact) mass is 994 g/mol. The van der Waals surface area contributed by atoms with Crippen molar-refractivity contribution in [1.29, 1.82) is 0 Å². The van der Waals surface area contributed by atoms with Crippen LogP contribution in [0.25, 0.3) is 0 Å². The van der Waals surface area contributed by atoms with Gasteiger partial charge in [-0.3, -0.25) is 72.1 Å². The van der Waals surface area contributed by atoms with Crippen molar-refractivity contribution in [2.75, 3.05) is 13.1 Å². The molecule has 4 aliphatic heterocycles. The molecule has 23 heteroatoms. The maximum absolute atomic E-state index is 13.8. The molecule has 12 atom stereocenters. The Balaban J connectivity index is 1.36. The molecule has 0 saturated carbocycles. The normalized spacial score (nSPS) is 24.3. The topological polar surface area (TPSA) is 283 Å². The third-order valence-corrected chi connectivity index (χ3v) is 13.9. The quantitative estimate of drug-likeness (QED) is 0.0697. The van der Waals surface area contributed by atoms with Gasteiger partial charge in [0.1, 0.15) is 36.3 Å². The average Bonchev–Trinajstić information content (AvgIpc) is 4.08. The molecule has 0 aromatic heterocycles. The molecule has 0 radical (unpaired) electrons. The molecule has 0 aromatic rings. The maximum Gasteiger partial charge on any atom is 0.245 e. The molecular weight excluding hydrogens is 931 g/mol. The number of nitrogens with zero attached hydrogens (tertiary/aromatic N) is 4. The number of Topliss-reactive ketones (excluding diaryl/α,β-unsaturated/α-hetero) is 3. The number of rotatable bonds is 20. The van der Waals surface area contributed by atoms with Crippen molar-refractivity contribution < 1.29 is 62.3 Å². The van der Waals surface area contributed by atoms with Gasteiger partial charge in [0.15, 0.2) is 28.1 Å². The summed E-state index contributed by atoms with van der Waals surface area (Å²) in [6.45, 7) is 15.2. The number of imide groups is 2. The maximum atomic E-state index is 13.8. The Hall–Kier alpha value is -5.31. The third-order valence-electron chi connectivity index (χ3n) is 13.0. The van der Waals surface area contributed by atoms with E-state index in [0.717, 1.165) is 9.80 Å². The Morgan fingerprint density at radius 1 is 0.515 bits per heavy atom. The van der Waals surface area contributed by atoms with Crippen molar-refractivity contribution >= 4 is 99.6 Å². The molecule has 0 aliphatic carbocycles. The predicted molar refractivity (Wildman–Crippen MR) is 243 cm³/mol. The number of likely N-dealkylation sites (tertiary alicyclic amines) is 4. The molecule has 0 spiro atoms. The number of carbonyl (C=O) groups excluding carboxylic acids is 13. The van der Waals surface area contributed by atoms with Gasteiger partial charge in [-0.05, 0) is 65.2 Å². The van der Waals surface area contributed by atoms with Gasteiger partial charge >= 0.3 is 0 Å². The second kappa shape index (κ2) is 22.9. The number of alkyl halides is 2. The fourth-order valence-corrected chi connectivity index (χ4v) is 9.50. The SMILES string of the molecule is CC1CC(=O)N([C@@H](C)C(=O)N[C@@H](C)C(=O)N2CCC[C@H]2C(=O)N[C@H](C(=O)C(Cl)C(=O)C(Cl)C(=O)[C@@H](NC(=O)[C@@H]2CCCN2C(=O)[C@H](C)NC(=O)[C@H](C)N2C(=O)CC(C)C2=O)C(C)C)C(C)C)C1=O. The van der Waals surface area contributed by atoms with Crippen molar-refractivity contribution in [1.82, 2.24) is 40.9 Å². The first-order valence-electron chi connectivity index (χ1n) is 23.1. The van der Waals surface area contributed by atoms with Crippen LogP contribution in [0.3, 0.4) is 0 Å². The number of nitrogens with one attached hydrogen (secondary N) is 4. The molecule has 4 fully saturated rings. The number of hydrogen-bond donors (Lipinski definition) is 4. The van der Waals surface area contributed by atoms with E-state index in [2.05, 4.69) is 21.3 Å². The predicted octanol–water partition coefficient (Wildman–Crippen LogP) is -0.251. The van der Waals surface area contributed by atoms with E-state index < -0.39 is 159 Å². The molecular formula is C45H64Cl2N8O13. The van der Waals surface area contributed by atoms with E-state index in [1.165, 1.54) is 37.5 Å². The Morgan fingerprint density at radius 3 is 1.12 bits per heavy atom. The lowest BCUT2D eigenvalue weighted by molar-refractivity contribution is -0.148. The van der Waals surface area contributed by atoms with Crippen LogP contribution in [0.2, 0.25) is 0 Å². The molecule has 4 saturated heterocycles. The summed E-state index contributed by atoms with van der Waals surface area (Å²) in [7, 11) is 0. The van der Waals surface area contributed by atoms with Crippen LogP contribution in [0.1, 0.15) is 108 Å². The highest BCUT2D eigenvalue weighted by Crippen LogP contribution is 2.26. The largest absolute Gasteiger partial charge is 0.344 e. The zero-order chi connectivity index (χ0) is 51.4. The summed E-state index contributed by atoms with van der Waals surface area (Å²) in [6, 6.07) is -9.66. The lowest BCUT2D eigenvalue weighted by Gasteiger charge is -2.31. The van der Waals surface area contributed by atoms with Crippen LogP contribution in [0.5, 0.6) is 0 Å². The number of halogens is 2. The molecule has 0 aromatic carbocycles. The summed E-state index contributed by atoms with van der Waals surface area (Å²) < 4.78 is 0. The van der Waals surface area contributed by atoms with E-state index in [1.807, 2.05) is 0 Å². The van der Waals surface area contributed by atoms with Crippen molar-refractivity contribution in [3.63, 3.8) is 0 Å². The fourth-order valence-electron chi connectivity index (χ4n) is 8.91. The second-order valence-corrected chi connectivity index (χ2v) is 19.9. The molecule has 4 rings (SSSR count). The molecule has 4 heterocycles. The lowest BCUT2D eigenvalue weighted by Crippen LogP contribution is -2.59. The molecule has 376 valence electrons. The number of amides is 10. The van der Waals surface area contributed by atoms with E-state index in [9.17, 15) is 62.3 Å². The summed E-state index contributed by atoms with van der Waals surface area (Å²) in [5.74, 6) is -11.9. The number of carbonyl (C=O) groups is 13. The van der Waals surface area contributed by atoms with E-state index in [4.69, 9.17) is 23.2 Å². The van der Waals surface area contributed by atoms with Gasteiger partial charge < -0.3 is 31.1 Å². The van der Waals surface area contributed by atoms with Gasteiger partial charge in [-0.1, -0.05) is 41.5 Å². The minimum atomic E-state index is -2.04. The van der Waals surface area contributed by atoms with Gasteiger partial charge in [-0.25, -0.2) is 0 Å². The van der Waals surface area contributed by atoms with E-state index >= 15 is 0 Å². The minimum Gasteiger partial charge on any atom is -0.344 e. The number of ketones is 3. The average molecular weight is 996 g/mol. The van der Waals surface area contributed by atoms with E-state index in [1.54, 1.807) is 41.5 Å². The van der Waals surface area contributed by atoms with Crippen LogP contribution in [0, 0.1) is 23.7 Å². The van der Waals surface area contributed by atoms with E-state index in [-0.39, 0.29) is 38.8 Å². The highest BCUT2D eigenvalue weighted by Gasteiger charge is 2.47. The van der Waals surface area contributed by atoms with Crippen LogP contribution in [-0.4, -0.2) is 168 Å². The fraction of sp³-hybridized carbons (Fsp3) is 0.711. The molecule has 4 N–H and O–H groups in total. The summed E-state index contributed by atoms with van der Waals surface area (Å²) in [6.07, 6.45) is 1.11. The van der Waals surface area contributed by atoms with Crippen LogP contribution in [-0.2, 0) is 62.3 Å². The van der Waals surface area contributed by atoms with Crippen molar-refractivity contribution in [2.45, 2.75) is 167 Å². The van der Waals surface area contributed by atoms with E-state index in [0.29, 0.717) is 12.8 Å². The molecule has 21 nitrogen and oxygen atoms in total. The Bertz CT molecular complexity index is 1960. The van der Waals surface area contributed by atoms with Crippen LogP contribution in [0.4, 0.5) is 0 Å². The zero-order valence-electron chi connectivity index (χ0n) is 40.1.